The molecule has 2 aromatic rings. The van der Waals surface area contributed by atoms with Crippen molar-refractivity contribution in [1.29, 1.82) is 0 Å². The van der Waals surface area contributed by atoms with Crippen LogP contribution in [0.1, 0.15) is 6.92 Å². The lowest BCUT2D eigenvalue weighted by molar-refractivity contribution is 0.245. The molecule has 0 fully saturated rings. The Morgan fingerprint density at radius 3 is 2.38 bits per heavy atom. The number of amides is 2. The molecular formula is C19H24N2O5. The third kappa shape index (κ3) is 5.20. The summed E-state index contributed by atoms with van der Waals surface area (Å²) >= 11 is 0. The van der Waals surface area contributed by atoms with Crippen LogP contribution in [0, 0.1) is 0 Å². The molecule has 7 heteroatoms. The molecule has 7 nitrogen and oxygen atoms in total. The third-order valence-electron chi connectivity index (χ3n) is 3.45. The number of para-hydroxylation sites is 3. The van der Waals surface area contributed by atoms with Gasteiger partial charge in [0.2, 0.25) is 5.75 Å². The van der Waals surface area contributed by atoms with Crippen LogP contribution in [0.5, 0.6) is 23.0 Å². The van der Waals surface area contributed by atoms with Crippen LogP contribution in [0.4, 0.5) is 10.5 Å². The van der Waals surface area contributed by atoms with Crippen LogP contribution < -0.4 is 29.6 Å². The van der Waals surface area contributed by atoms with Gasteiger partial charge in [-0.1, -0.05) is 18.2 Å². The maximum absolute atomic E-state index is 12.0. The smallest absolute Gasteiger partial charge is 0.319 e. The molecule has 0 atom stereocenters. The van der Waals surface area contributed by atoms with Gasteiger partial charge < -0.3 is 29.6 Å². The summed E-state index contributed by atoms with van der Waals surface area (Å²) in [5.74, 6) is 2.28. The van der Waals surface area contributed by atoms with Gasteiger partial charge in [0.1, 0.15) is 12.4 Å². The number of rotatable bonds is 9. The average molecular weight is 360 g/mol. The fourth-order valence-corrected chi connectivity index (χ4v) is 2.31. The summed E-state index contributed by atoms with van der Waals surface area (Å²) in [6.45, 7) is 3.02. The van der Waals surface area contributed by atoms with E-state index in [1.54, 1.807) is 38.5 Å². The van der Waals surface area contributed by atoms with Gasteiger partial charge in [0.15, 0.2) is 11.5 Å². The second-order valence-corrected chi connectivity index (χ2v) is 5.15. The third-order valence-corrected chi connectivity index (χ3v) is 3.45. The van der Waals surface area contributed by atoms with Crippen molar-refractivity contribution in [3.63, 3.8) is 0 Å². The van der Waals surface area contributed by atoms with E-state index in [-0.39, 0.29) is 12.6 Å². The molecule has 2 aromatic carbocycles. The van der Waals surface area contributed by atoms with Crippen LogP contribution in [0.25, 0.3) is 0 Å². The number of anilines is 1. The quantitative estimate of drug-likeness (QED) is 0.671. The van der Waals surface area contributed by atoms with E-state index < -0.39 is 0 Å². The number of urea groups is 1. The van der Waals surface area contributed by atoms with Crippen LogP contribution in [0.2, 0.25) is 0 Å². The normalized spacial score (nSPS) is 9.96. The Balaban J connectivity index is 1.83. The minimum atomic E-state index is -0.335. The van der Waals surface area contributed by atoms with Crippen molar-refractivity contribution in [2.45, 2.75) is 6.92 Å². The van der Waals surface area contributed by atoms with Crippen LogP contribution >= 0.6 is 0 Å². The van der Waals surface area contributed by atoms with Crippen LogP contribution in [0.3, 0.4) is 0 Å². The summed E-state index contributed by atoms with van der Waals surface area (Å²) in [6.07, 6.45) is 0. The zero-order chi connectivity index (χ0) is 18.8. The maximum atomic E-state index is 12.0. The topological polar surface area (TPSA) is 78.1 Å². The average Bonchev–Trinajstić information content (AvgIpc) is 2.66. The molecule has 0 heterocycles. The van der Waals surface area contributed by atoms with Gasteiger partial charge in [-0.3, -0.25) is 0 Å². The molecular weight excluding hydrogens is 336 g/mol. The molecule has 0 saturated carbocycles. The molecule has 2 rings (SSSR count). The van der Waals surface area contributed by atoms with E-state index in [9.17, 15) is 4.79 Å². The van der Waals surface area contributed by atoms with Crippen molar-refractivity contribution in [2.75, 3.05) is 39.3 Å². The highest BCUT2D eigenvalue weighted by Crippen LogP contribution is 2.36. The summed E-state index contributed by atoms with van der Waals surface area (Å²) in [6, 6.07) is 12.3. The Hall–Kier alpha value is -3.09. The SMILES string of the molecule is CCOc1ccccc1NC(=O)NCCOc1cccc(OC)c1OC. The Kier molecular flexibility index (Phi) is 7.42. The second kappa shape index (κ2) is 10.0. The molecule has 0 unspecified atom stereocenters. The fraction of sp³-hybridized carbons (Fsp3) is 0.316. The van der Waals surface area contributed by atoms with Crippen LogP contribution in [-0.2, 0) is 0 Å². The molecule has 0 spiro atoms. The van der Waals surface area contributed by atoms with E-state index in [1.807, 2.05) is 25.1 Å². The van der Waals surface area contributed by atoms with Crippen LogP contribution in [0.15, 0.2) is 42.5 Å². The first-order valence-corrected chi connectivity index (χ1v) is 8.30. The van der Waals surface area contributed by atoms with E-state index in [4.69, 9.17) is 18.9 Å². The molecule has 0 bridgehead atoms. The summed E-state index contributed by atoms with van der Waals surface area (Å²) in [5, 5.41) is 5.49. The van der Waals surface area contributed by atoms with Crippen molar-refractivity contribution in [3.8, 4) is 23.0 Å². The molecule has 140 valence electrons. The Morgan fingerprint density at radius 1 is 0.923 bits per heavy atom. The lowest BCUT2D eigenvalue weighted by Gasteiger charge is -2.14. The minimum Gasteiger partial charge on any atom is -0.493 e. The van der Waals surface area contributed by atoms with Gasteiger partial charge in [-0.25, -0.2) is 4.79 Å². The number of ether oxygens (including phenoxy) is 4. The lowest BCUT2D eigenvalue weighted by Crippen LogP contribution is -2.32. The molecule has 0 aliphatic rings. The van der Waals surface area contributed by atoms with Gasteiger partial charge >= 0.3 is 6.03 Å². The van der Waals surface area contributed by atoms with Crippen molar-refractivity contribution in [3.05, 3.63) is 42.5 Å². The molecule has 2 amide bonds. The Labute approximate surface area is 153 Å². The molecule has 26 heavy (non-hydrogen) atoms. The Morgan fingerprint density at radius 2 is 1.65 bits per heavy atom. The zero-order valence-electron chi connectivity index (χ0n) is 15.2. The number of methoxy groups -OCH3 is 2. The van der Waals surface area contributed by atoms with Crippen LogP contribution in [-0.4, -0.2) is 40.0 Å². The zero-order valence-corrected chi connectivity index (χ0v) is 15.2. The summed E-state index contributed by atoms with van der Waals surface area (Å²) < 4.78 is 21.7. The fourth-order valence-electron chi connectivity index (χ4n) is 2.31. The monoisotopic (exact) mass is 360 g/mol. The second-order valence-electron chi connectivity index (χ2n) is 5.15. The van der Waals surface area contributed by atoms with Gasteiger partial charge in [0.25, 0.3) is 0 Å². The van der Waals surface area contributed by atoms with E-state index >= 15 is 0 Å². The van der Waals surface area contributed by atoms with Crippen molar-refractivity contribution in [1.82, 2.24) is 5.32 Å². The van der Waals surface area contributed by atoms with Crippen molar-refractivity contribution < 1.29 is 23.7 Å². The highest BCUT2D eigenvalue weighted by Gasteiger charge is 2.11. The van der Waals surface area contributed by atoms with E-state index in [1.165, 1.54) is 0 Å². The first kappa shape index (κ1) is 19.2. The molecule has 0 aromatic heterocycles. The van der Waals surface area contributed by atoms with E-state index in [0.29, 0.717) is 41.8 Å². The Bertz CT molecular complexity index is 721. The van der Waals surface area contributed by atoms with Gasteiger partial charge in [-0.05, 0) is 31.2 Å². The highest BCUT2D eigenvalue weighted by molar-refractivity contribution is 5.90. The molecule has 0 saturated heterocycles. The first-order valence-electron chi connectivity index (χ1n) is 8.30. The minimum absolute atomic E-state index is 0.282. The predicted molar refractivity (Wildman–Crippen MR) is 99.7 cm³/mol. The molecule has 2 N–H and O–H groups in total. The highest BCUT2D eigenvalue weighted by atomic mass is 16.5. The number of hydrogen-bond acceptors (Lipinski definition) is 5. The van der Waals surface area contributed by atoms with Gasteiger partial charge in [-0.2, -0.15) is 0 Å². The molecule has 0 aliphatic heterocycles. The number of hydrogen-bond donors (Lipinski definition) is 2. The van der Waals surface area contributed by atoms with E-state index in [0.717, 1.165) is 0 Å². The standard InChI is InChI=1S/C19H24N2O5/c1-4-25-15-9-6-5-8-14(15)21-19(22)20-12-13-26-17-11-7-10-16(23-2)18(17)24-3/h5-11H,4,12-13H2,1-3H3,(H2,20,21,22). The first-order chi connectivity index (χ1) is 12.7. The van der Waals surface area contributed by atoms with Gasteiger partial charge in [0, 0.05) is 0 Å². The number of benzene rings is 2. The molecule has 0 radical (unpaired) electrons. The number of carbonyl (C=O) groups is 1. The summed E-state index contributed by atoms with van der Waals surface area (Å²) in [5.41, 5.74) is 0.613. The largest absolute Gasteiger partial charge is 0.493 e. The number of nitrogens with one attached hydrogen (secondary N) is 2. The van der Waals surface area contributed by atoms with Gasteiger partial charge in [-0.15, -0.1) is 0 Å². The van der Waals surface area contributed by atoms with Gasteiger partial charge in [0.05, 0.1) is 33.1 Å². The van der Waals surface area contributed by atoms with E-state index in [2.05, 4.69) is 10.6 Å². The summed E-state index contributed by atoms with van der Waals surface area (Å²) in [7, 11) is 3.11. The number of carbonyl (C=O) groups excluding carboxylic acids is 1. The maximum Gasteiger partial charge on any atom is 0.319 e. The van der Waals surface area contributed by atoms with Crippen molar-refractivity contribution >= 4 is 11.7 Å². The molecule has 0 aliphatic carbocycles. The predicted octanol–water partition coefficient (Wildman–Crippen LogP) is 3.30. The summed E-state index contributed by atoms with van der Waals surface area (Å²) in [4.78, 5) is 12.0. The van der Waals surface area contributed by atoms with Crippen molar-refractivity contribution in [2.24, 2.45) is 0 Å². The lowest BCUT2D eigenvalue weighted by atomic mass is 10.3.